The molecule has 1 fully saturated rings. The smallest absolute Gasteiger partial charge is 0.0595 e. The Morgan fingerprint density at radius 2 is 2.05 bits per heavy atom. The molecule has 1 aliphatic rings. The van der Waals surface area contributed by atoms with E-state index in [1.165, 1.54) is 24.8 Å². The maximum absolute atomic E-state index is 6.15. The Morgan fingerprint density at radius 1 is 1.30 bits per heavy atom. The van der Waals surface area contributed by atoms with E-state index in [0.29, 0.717) is 28.0 Å². The zero-order chi connectivity index (χ0) is 14.7. The maximum atomic E-state index is 6.15. The van der Waals surface area contributed by atoms with Gasteiger partial charge in [0.15, 0.2) is 0 Å². The fourth-order valence-electron chi connectivity index (χ4n) is 3.49. The fraction of sp³-hybridized carbons (Fsp3) is 0.625. The van der Waals surface area contributed by atoms with Crippen LogP contribution in [0.2, 0.25) is 10.0 Å². The van der Waals surface area contributed by atoms with E-state index in [1.54, 1.807) is 0 Å². The third-order valence-electron chi connectivity index (χ3n) is 4.64. The highest BCUT2D eigenvalue weighted by molar-refractivity contribution is 6.42. The number of nitrogens with zero attached hydrogens (tertiary/aromatic N) is 1. The molecule has 2 nitrogen and oxygen atoms in total. The van der Waals surface area contributed by atoms with Crippen LogP contribution in [-0.2, 0) is 0 Å². The number of benzene rings is 1. The molecular weight excluding hydrogens is 291 g/mol. The van der Waals surface area contributed by atoms with Gasteiger partial charge in [-0.3, -0.25) is 4.90 Å². The quantitative estimate of drug-likeness (QED) is 0.866. The maximum Gasteiger partial charge on any atom is 0.0595 e. The van der Waals surface area contributed by atoms with E-state index in [0.717, 1.165) is 13.1 Å². The summed E-state index contributed by atoms with van der Waals surface area (Å²) in [5.74, 6) is 0.625. The zero-order valence-electron chi connectivity index (χ0n) is 12.3. The van der Waals surface area contributed by atoms with E-state index in [1.807, 2.05) is 12.1 Å². The van der Waals surface area contributed by atoms with Crippen LogP contribution in [0.3, 0.4) is 0 Å². The summed E-state index contributed by atoms with van der Waals surface area (Å²) in [5.41, 5.74) is 7.16. The summed E-state index contributed by atoms with van der Waals surface area (Å²) in [6, 6.07) is 6.89. The number of nitrogens with two attached hydrogens (primary N) is 1. The first-order valence-electron chi connectivity index (χ1n) is 7.49. The van der Waals surface area contributed by atoms with E-state index in [9.17, 15) is 0 Å². The molecule has 0 aliphatic heterocycles. The number of hydrogen-bond acceptors (Lipinski definition) is 2. The monoisotopic (exact) mass is 314 g/mol. The van der Waals surface area contributed by atoms with E-state index in [2.05, 4.69) is 24.8 Å². The molecule has 0 amide bonds. The second-order valence-corrected chi connectivity index (χ2v) is 6.49. The van der Waals surface area contributed by atoms with Gasteiger partial charge in [0, 0.05) is 12.1 Å². The summed E-state index contributed by atoms with van der Waals surface area (Å²) in [7, 11) is 0. The van der Waals surface area contributed by atoms with Gasteiger partial charge in [0.1, 0.15) is 0 Å². The minimum absolute atomic E-state index is 0.340. The van der Waals surface area contributed by atoms with Crippen molar-refractivity contribution < 1.29 is 0 Å². The van der Waals surface area contributed by atoms with Crippen LogP contribution in [0.4, 0.5) is 0 Å². The van der Waals surface area contributed by atoms with Crippen molar-refractivity contribution in [1.29, 1.82) is 0 Å². The first-order valence-corrected chi connectivity index (χ1v) is 8.24. The lowest BCUT2D eigenvalue weighted by Crippen LogP contribution is -2.41. The molecule has 2 rings (SSSR count). The van der Waals surface area contributed by atoms with Gasteiger partial charge < -0.3 is 5.73 Å². The van der Waals surface area contributed by atoms with Crippen molar-refractivity contribution in [2.45, 2.75) is 45.2 Å². The van der Waals surface area contributed by atoms with Crippen LogP contribution in [0.15, 0.2) is 18.2 Å². The predicted octanol–water partition coefficient (Wildman–Crippen LogP) is 4.50. The van der Waals surface area contributed by atoms with Crippen molar-refractivity contribution in [2.24, 2.45) is 11.7 Å². The molecule has 0 heterocycles. The third kappa shape index (κ3) is 3.30. The molecule has 1 saturated carbocycles. The predicted molar refractivity (Wildman–Crippen MR) is 87.4 cm³/mol. The van der Waals surface area contributed by atoms with Crippen LogP contribution in [0.5, 0.6) is 0 Å². The molecular formula is C16H24Cl2N2. The molecule has 1 aromatic carbocycles. The molecule has 3 unspecified atom stereocenters. The Labute approximate surface area is 132 Å². The summed E-state index contributed by atoms with van der Waals surface area (Å²) < 4.78 is 0. The van der Waals surface area contributed by atoms with Crippen molar-refractivity contribution in [2.75, 3.05) is 13.1 Å². The summed E-state index contributed by atoms with van der Waals surface area (Å²) in [6.07, 6.45) is 3.80. The highest BCUT2D eigenvalue weighted by Crippen LogP contribution is 2.35. The van der Waals surface area contributed by atoms with Gasteiger partial charge in [-0.2, -0.15) is 0 Å². The molecule has 1 aromatic rings. The molecule has 112 valence electrons. The van der Waals surface area contributed by atoms with Gasteiger partial charge in [-0.1, -0.05) is 42.6 Å². The van der Waals surface area contributed by atoms with Crippen LogP contribution in [-0.4, -0.2) is 24.0 Å². The van der Waals surface area contributed by atoms with E-state index in [4.69, 9.17) is 28.9 Å². The lowest BCUT2D eigenvalue weighted by Gasteiger charge is -2.37. The summed E-state index contributed by atoms with van der Waals surface area (Å²) in [5, 5.41) is 1.25. The van der Waals surface area contributed by atoms with Crippen LogP contribution in [0.1, 0.15) is 44.7 Å². The highest BCUT2D eigenvalue weighted by Gasteiger charge is 2.33. The standard InChI is InChI=1S/C16H24Cl2N2/c1-3-20(16-6-4-5-13(16)10-19)11(2)12-7-8-14(17)15(18)9-12/h7-9,11,13,16H,3-6,10,19H2,1-2H3. The number of hydrogen-bond donors (Lipinski definition) is 1. The van der Waals surface area contributed by atoms with Gasteiger partial charge in [-0.15, -0.1) is 0 Å². The van der Waals surface area contributed by atoms with Crippen LogP contribution in [0, 0.1) is 5.92 Å². The van der Waals surface area contributed by atoms with Crippen molar-refractivity contribution in [3.63, 3.8) is 0 Å². The van der Waals surface area contributed by atoms with Gasteiger partial charge in [0.05, 0.1) is 10.0 Å². The Morgan fingerprint density at radius 3 is 2.65 bits per heavy atom. The average molecular weight is 315 g/mol. The minimum Gasteiger partial charge on any atom is -0.330 e. The lowest BCUT2D eigenvalue weighted by atomic mass is 9.98. The molecule has 2 N–H and O–H groups in total. The van der Waals surface area contributed by atoms with E-state index < -0.39 is 0 Å². The highest BCUT2D eigenvalue weighted by atomic mass is 35.5. The van der Waals surface area contributed by atoms with Crippen molar-refractivity contribution >= 4 is 23.2 Å². The Kier molecular flexibility index (Phi) is 5.74. The molecule has 20 heavy (non-hydrogen) atoms. The topological polar surface area (TPSA) is 29.3 Å². The second-order valence-electron chi connectivity index (χ2n) is 5.67. The van der Waals surface area contributed by atoms with Gasteiger partial charge in [0.25, 0.3) is 0 Å². The van der Waals surface area contributed by atoms with E-state index in [-0.39, 0.29) is 0 Å². The summed E-state index contributed by atoms with van der Waals surface area (Å²) in [4.78, 5) is 2.56. The minimum atomic E-state index is 0.340. The Balaban J connectivity index is 2.19. The molecule has 0 saturated heterocycles. The van der Waals surface area contributed by atoms with Gasteiger partial charge in [-0.25, -0.2) is 0 Å². The first kappa shape index (κ1) is 16.1. The normalized spacial score (nSPS) is 24.3. The SMILES string of the molecule is CCN(C(C)c1ccc(Cl)c(Cl)c1)C1CCCC1CN. The molecule has 0 bridgehead atoms. The molecule has 0 spiro atoms. The summed E-state index contributed by atoms with van der Waals surface area (Å²) in [6.45, 7) is 6.28. The Bertz CT molecular complexity index is 450. The van der Waals surface area contributed by atoms with E-state index >= 15 is 0 Å². The second kappa shape index (κ2) is 7.13. The van der Waals surface area contributed by atoms with Gasteiger partial charge in [-0.05, 0) is 56.5 Å². The van der Waals surface area contributed by atoms with Crippen molar-refractivity contribution in [1.82, 2.24) is 4.90 Å². The molecule has 0 aromatic heterocycles. The molecule has 0 radical (unpaired) electrons. The number of rotatable bonds is 5. The van der Waals surface area contributed by atoms with Crippen LogP contribution < -0.4 is 5.73 Å². The van der Waals surface area contributed by atoms with Gasteiger partial charge in [0.2, 0.25) is 0 Å². The summed E-state index contributed by atoms with van der Waals surface area (Å²) >= 11 is 12.2. The Hall–Kier alpha value is -0.280. The largest absolute Gasteiger partial charge is 0.330 e. The van der Waals surface area contributed by atoms with Crippen molar-refractivity contribution in [3.8, 4) is 0 Å². The first-order chi connectivity index (χ1) is 9.58. The molecule has 1 aliphatic carbocycles. The van der Waals surface area contributed by atoms with Crippen molar-refractivity contribution in [3.05, 3.63) is 33.8 Å². The third-order valence-corrected chi connectivity index (χ3v) is 5.38. The van der Waals surface area contributed by atoms with Gasteiger partial charge >= 0.3 is 0 Å². The van der Waals surface area contributed by atoms with Crippen LogP contribution >= 0.6 is 23.2 Å². The lowest BCUT2D eigenvalue weighted by molar-refractivity contribution is 0.123. The molecule has 3 atom stereocenters. The average Bonchev–Trinajstić information content (AvgIpc) is 2.91. The fourth-order valence-corrected chi connectivity index (χ4v) is 3.79. The molecule has 4 heteroatoms. The number of halogens is 2. The van der Waals surface area contributed by atoms with Crippen LogP contribution in [0.25, 0.3) is 0 Å². The zero-order valence-corrected chi connectivity index (χ0v) is 13.8.